The van der Waals surface area contributed by atoms with Crippen LogP contribution in [0.3, 0.4) is 0 Å². The van der Waals surface area contributed by atoms with Crippen molar-refractivity contribution in [2.45, 2.75) is 25.1 Å². The van der Waals surface area contributed by atoms with Crippen molar-refractivity contribution < 1.29 is 4.79 Å². The van der Waals surface area contributed by atoms with Crippen LogP contribution in [0, 0.1) is 5.92 Å². The fourth-order valence-electron chi connectivity index (χ4n) is 3.02. The third kappa shape index (κ3) is 1.04. The zero-order valence-corrected chi connectivity index (χ0v) is 10.1. The SMILES string of the molecule is CC(C)=C1c2ccccc2C2C(Cl)C(=O)C12. The lowest BCUT2D eigenvalue weighted by Gasteiger charge is -2.35. The number of halogens is 1. The van der Waals surface area contributed by atoms with Gasteiger partial charge in [0.2, 0.25) is 0 Å². The number of carbonyl (C=O) groups is 1. The fraction of sp³-hybridized carbons (Fsp3) is 0.357. The largest absolute Gasteiger partial charge is 0.297 e. The second-order valence-electron chi connectivity index (χ2n) is 4.81. The van der Waals surface area contributed by atoms with Crippen LogP contribution in [0.1, 0.15) is 30.9 Å². The third-order valence-electron chi connectivity index (χ3n) is 3.71. The van der Waals surface area contributed by atoms with Crippen LogP contribution < -0.4 is 0 Å². The van der Waals surface area contributed by atoms with Crippen LogP contribution in [0.25, 0.3) is 5.57 Å². The van der Waals surface area contributed by atoms with E-state index in [-0.39, 0.29) is 23.0 Å². The van der Waals surface area contributed by atoms with E-state index in [1.165, 1.54) is 22.3 Å². The lowest BCUT2D eigenvalue weighted by Crippen LogP contribution is -2.44. The first kappa shape index (κ1) is 10.1. The molecule has 0 aliphatic heterocycles. The van der Waals surface area contributed by atoms with Crippen molar-refractivity contribution in [3.05, 3.63) is 41.0 Å². The molecule has 0 heterocycles. The van der Waals surface area contributed by atoms with Gasteiger partial charge in [0.25, 0.3) is 0 Å². The number of hydrogen-bond acceptors (Lipinski definition) is 1. The number of fused-ring (bicyclic) bond motifs is 3. The highest BCUT2D eigenvalue weighted by Gasteiger charge is 2.56. The number of carbonyl (C=O) groups excluding carboxylic acids is 1. The summed E-state index contributed by atoms with van der Waals surface area (Å²) >= 11 is 6.13. The molecule has 2 aliphatic carbocycles. The van der Waals surface area contributed by atoms with Crippen LogP contribution in [0.15, 0.2) is 29.8 Å². The van der Waals surface area contributed by atoms with Gasteiger partial charge in [-0.3, -0.25) is 4.79 Å². The molecule has 16 heavy (non-hydrogen) atoms. The third-order valence-corrected chi connectivity index (χ3v) is 4.20. The number of allylic oxidation sites excluding steroid dienone is 2. The van der Waals surface area contributed by atoms with Crippen LogP contribution >= 0.6 is 11.6 Å². The van der Waals surface area contributed by atoms with E-state index in [1.54, 1.807) is 0 Å². The Kier molecular flexibility index (Phi) is 2.02. The van der Waals surface area contributed by atoms with Gasteiger partial charge in [-0.15, -0.1) is 11.6 Å². The fourth-order valence-corrected chi connectivity index (χ4v) is 3.43. The minimum Gasteiger partial charge on any atom is -0.297 e. The second-order valence-corrected chi connectivity index (χ2v) is 5.28. The Hall–Kier alpha value is -1.08. The van der Waals surface area contributed by atoms with Crippen molar-refractivity contribution in [2.24, 2.45) is 5.92 Å². The highest BCUT2D eigenvalue weighted by Crippen LogP contribution is 2.57. The molecule has 0 saturated heterocycles. The van der Waals surface area contributed by atoms with Crippen molar-refractivity contribution in [1.29, 1.82) is 0 Å². The molecule has 0 aromatic heterocycles. The summed E-state index contributed by atoms with van der Waals surface area (Å²) in [6, 6.07) is 8.26. The number of rotatable bonds is 0. The molecule has 3 atom stereocenters. The van der Waals surface area contributed by atoms with E-state index in [2.05, 4.69) is 26.0 Å². The zero-order valence-electron chi connectivity index (χ0n) is 9.33. The van der Waals surface area contributed by atoms with Gasteiger partial charge in [-0.1, -0.05) is 29.8 Å². The predicted molar refractivity (Wildman–Crippen MR) is 65.6 cm³/mol. The first-order chi connectivity index (χ1) is 7.63. The number of hydrogen-bond donors (Lipinski definition) is 0. The van der Waals surface area contributed by atoms with E-state index in [9.17, 15) is 4.79 Å². The number of alkyl halides is 1. The molecule has 1 fully saturated rings. The summed E-state index contributed by atoms with van der Waals surface area (Å²) in [4.78, 5) is 11.9. The topological polar surface area (TPSA) is 17.1 Å². The van der Waals surface area contributed by atoms with Crippen molar-refractivity contribution >= 4 is 23.0 Å². The summed E-state index contributed by atoms with van der Waals surface area (Å²) in [7, 11) is 0. The standard InChI is InChI=1S/C14H13ClO/c1-7(2)10-8-5-3-4-6-9(8)11-12(10)14(16)13(11)15/h3-6,11-13H,1-2H3. The highest BCUT2D eigenvalue weighted by molar-refractivity contribution is 6.37. The van der Waals surface area contributed by atoms with Crippen molar-refractivity contribution in [2.75, 3.05) is 0 Å². The first-order valence-electron chi connectivity index (χ1n) is 5.57. The zero-order chi connectivity index (χ0) is 11.4. The number of ketones is 1. The lowest BCUT2D eigenvalue weighted by atomic mass is 9.70. The number of benzene rings is 1. The van der Waals surface area contributed by atoms with E-state index in [1.807, 2.05) is 12.1 Å². The van der Waals surface area contributed by atoms with E-state index < -0.39 is 0 Å². The molecule has 2 heteroatoms. The molecule has 3 unspecified atom stereocenters. The van der Waals surface area contributed by atoms with Crippen LogP contribution in [-0.4, -0.2) is 11.2 Å². The van der Waals surface area contributed by atoms with Gasteiger partial charge in [0.1, 0.15) is 5.38 Å². The van der Waals surface area contributed by atoms with Gasteiger partial charge in [0.15, 0.2) is 5.78 Å². The van der Waals surface area contributed by atoms with Crippen LogP contribution in [0.4, 0.5) is 0 Å². The molecule has 3 rings (SSSR count). The highest BCUT2D eigenvalue weighted by atomic mass is 35.5. The molecule has 0 N–H and O–H groups in total. The van der Waals surface area contributed by atoms with Gasteiger partial charge >= 0.3 is 0 Å². The lowest BCUT2D eigenvalue weighted by molar-refractivity contribution is -0.127. The quantitative estimate of drug-likeness (QED) is 0.627. The van der Waals surface area contributed by atoms with Gasteiger partial charge in [0, 0.05) is 5.92 Å². The molecule has 1 aromatic rings. The minimum atomic E-state index is -0.317. The Morgan fingerprint density at radius 3 is 2.62 bits per heavy atom. The summed E-state index contributed by atoms with van der Waals surface area (Å²) < 4.78 is 0. The smallest absolute Gasteiger partial charge is 0.159 e. The van der Waals surface area contributed by atoms with Crippen molar-refractivity contribution in [3.63, 3.8) is 0 Å². The maximum Gasteiger partial charge on any atom is 0.159 e. The van der Waals surface area contributed by atoms with Gasteiger partial charge in [-0.25, -0.2) is 0 Å². The van der Waals surface area contributed by atoms with E-state index in [0.29, 0.717) is 0 Å². The van der Waals surface area contributed by atoms with E-state index >= 15 is 0 Å². The van der Waals surface area contributed by atoms with Crippen LogP contribution in [0.5, 0.6) is 0 Å². The molecule has 0 spiro atoms. The second kappa shape index (κ2) is 3.21. The molecule has 1 nitrogen and oxygen atoms in total. The Labute approximate surface area is 100 Å². The Balaban J connectivity index is 2.24. The van der Waals surface area contributed by atoms with Crippen molar-refractivity contribution in [3.8, 4) is 0 Å². The van der Waals surface area contributed by atoms with Gasteiger partial charge in [-0.2, -0.15) is 0 Å². The molecule has 2 aliphatic rings. The summed E-state index contributed by atoms with van der Waals surface area (Å²) in [5.74, 6) is 0.444. The van der Waals surface area contributed by atoms with Gasteiger partial charge in [0.05, 0.1) is 5.92 Å². The van der Waals surface area contributed by atoms with E-state index in [4.69, 9.17) is 11.6 Å². The first-order valence-corrected chi connectivity index (χ1v) is 6.01. The van der Waals surface area contributed by atoms with Crippen LogP contribution in [0.2, 0.25) is 0 Å². The number of Topliss-reactive ketones (excluding diaryl/α,β-unsaturated/α-hetero) is 1. The van der Waals surface area contributed by atoms with E-state index in [0.717, 1.165) is 0 Å². The average molecular weight is 233 g/mol. The molecule has 1 saturated carbocycles. The normalized spacial score (nSPS) is 30.8. The molecular weight excluding hydrogens is 220 g/mol. The maximum absolute atomic E-state index is 11.9. The predicted octanol–water partition coefficient (Wildman–Crippen LogP) is 3.38. The Morgan fingerprint density at radius 2 is 1.94 bits per heavy atom. The summed E-state index contributed by atoms with van der Waals surface area (Å²) in [5, 5.41) is -0.317. The monoisotopic (exact) mass is 232 g/mol. The summed E-state index contributed by atoms with van der Waals surface area (Å²) in [5.41, 5.74) is 4.93. The van der Waals surface area contributed by atoms with Crippen molar-refractivity contribution in [1.82, 2.24) is 0 Å². The molecule has 0 amide bonds. The Morgan fingerprint density at radius 1 is 1.25 bits per heavy atom. The molecule has 0 radical (unpaired) electrons. The maximum atomic E-state index is 11.9. The summed E-state index contributed by atoms with van der Waals surface area (Å²) in [6.45, 7) is 4.15. The minimum absolute atomic E-state index is 0.0323. The van der Waals surface area contributed by atoms with Gasteiger partial charge < -0.3 is 0 Å². The molecule has 0 bridgehead atoms. The van der Waals surface area contributed by atoms with Crippen LogP contribution in [-0.2, 0) is 4.79 Å². The summed E-state index contributed by atoms with van der Waals surface area (Å²) in [6.07, 6.45) is 0. The molecule has 1 aromatic carbocycles. The van der Waals surface area contributed by atoms with Gasteiger partial charge in [-0.05, 0) is 30.5 Å². The average Bonchev–Trinajstić information content (AvgIpc) is 2.60. The molecular formula is C14H13ClO. The molecule has 82 valence electrons. The Bertz CT molecular complexity index is 511.